The molecule has 0 saturated heterocycles. The van der Waals surface area contributed by atoms with Gasteiger partial charge in [-0.3, -0.25) is 5.73 Å². The molecule has 1 rings (SSSR count). The zero-order valence-corrected chi connectivity index (χ0v) is 5.27. The molecule has 0 bridgehead atoms. The third kappa shape index (κ3) is 1.33. The van der Waals surface area contributed by atoms with Gasteiger partial charge in [0.25, 0.3) is 0 Å². The van der Waals surface area contributed by atoms with E-state index in [9.17, 15) is 8.78 Å². The van der Waals surface area contributed by atoms with Gasteiger partial charge in [0, 0.05) is 12.5 Å². The smallest absolute Gasteiger partial charge is 0.184 e. The molecule has 0 aromatic rings. The number of halogens is 2. The Morgan fingerprint density at radius 1 is 1.60 bits per heavy atom. The Balaban J connectivity index is 2.87. The third-order valence-corrected chi connectivity index (χ3v) is 1.28. The zero-order chi connectivity index (χ0) is 7.78. The van der Waals surface area contributed by atoms with Crippen molar-refractivity contribution in [1.82, 2.24) is 0 Å². The summed E-state index contributed by atoms with van der Waals surface area (Å²) in [7, 11) is 0. The van der Waals surface area contributed by atoms with Gasteiger partial charge in [0.15, 0.2) is 5.79 Å². The van der Waals surface area contributed by atoms with E-state index in [1.165, 1.54) is 6.08 Å². The second-order valence-corrected chi connectivity index (χ2v) is 2.28. The van der Waals surface area contributed by atoms with E-state index >= 15 is 0 Å². The van der Waals surface area contributed by atoms with Crippen molar-refractivity contribution in [2.45, 2.75) is 12.2 Å². The molecule has 0 amide bonds. The van der Waals surface area contributed by atoms with Gasteiger partial charge in [0.05, 0.1) is 5.70 Å². The molecule has 0 saturated carbocycles. The van der Waals surface area contributed by atoms with Crippen LogP contribution in [0.3, 0.4) is 0 Å². The first-order chi connectivity index (χ1) is 4.51. The molecule has 0 heterocycles. The van der Waals surface area contributed by atoms with Crippen LogP contribution in [0.25, 0.3) is 0 Å². The Kier molecular flexibility index (Phi) is 1.48. The van der Waals surface area contributed by atoms with E-state index in [4.69, 9.17) is 11.5 Å². The maximum atomic E-state index is 12.7. The summed E-state index contributed by atoms with van der Waals surface area (Å²) in [4.78, 5) is 0. The molecule has 4 N–H and O–H groups in total. The highest BCUT2D eigenvalue weighted by molar-refractivity contribution is 5.29. The first-order valence-corrected chi connectivity index (χ1v) is 2.83. The standard InChI is InChI=1S/C6H8F2N2/c7-4-3-6(8,10)2-1-5(4)9/h1,3H,2,9-10H2. The van der Waals surface area contributed by atoms with Crippen molar-refractivity contribution in [2.75, 3.05) is 0 Å². The van der Waals surface area contributed by atoms with E-state index in [0.29, 0.717) is 6.08 Å². The minimum Gasteiger partial charge on any atom is -0.397 e. The number of hydrogen-bond acceptors (Lipinski definition) is 2. The Morgan fingerprint density at radius 3 is 2.60 bits per heavy atom. The van der Waals surface area contributed by atoms with Gasteiger partial charge in [-0.25, -0.2) is 8.78 Å². The van der Waals surface area contributed by atoms with Gasteiger partial charge in [-0.1, -0.05) is 6.08 Å². The Bertz CT molecular complexity index is 206. The maximum absolute atomic E-state index is 12.7. The van der Waals surface area contributed by atoms with Crippen molar-refractivity contribution in [1.29, 1.82) is 0 Å². The largest absolute Gasteiger partial charge is 0.397 e. The summed E-state index contributed by atoms with van der Waals surface area (Å²) in [6.45, 7) is 0. The fourth-order valence-corrected chi connectivity index (χ4v) is 0.717. The lowest BCUT2D eigenvalue weighted by atomic mass is 10.1. The predicted molar refractivity (Wildman–Crippen MR) is 34.1 cm³/mol. The summed E-state index contributed by atoms with van der Waals surface area (Å²) < 4.78 is 25.1. The minimum absolute atomic E-state index is 0.0428. The second-order valence-electron chi connectivity index (χ2n) is 2.28. The van der Waals surface area contributed by atoms with Crippen LogP contribution >= 0.6 is 0 Å². The average molecular weight is 146 g/mol. The molecule has 4 heteroatoms. The lowest BCUT2D eigenvalue weighted by Crippen LogP contribution is -2.33. The summed E-state index contributed by atoms with van der Waals surface area (Å²) in [5, 5.41) is 0. The molecule has 0 spiro atoms. The molecule has 0 fully saturated rings. The van der Waals surface area contributed by atoms with Gasteiger partial charge < -0.3 is 5.73 Å². The average Bonchev–Trinajstić information content (AvgIpc) is 1.79. The summed E-state index contributed by atoms with van der Waals surface area (Å²) in [6.07, 6.45) is 1.85. The molecule has 0 aromatic heterocycles. The van der Waals surface area contributed by atoms with Crippen molar-refractivity contribution in [3.8, 4) is 0 Å². The molecule has 1 aliphatic rings. The number of nitrogens with two attached hydrogens (primary N) is 2. The molecule has 1 unspecified atom stereocenters. The van der Waals surface area contributed by atoms with E-state index in [0.717, 1.165) is 0 Å². The molecule has 10 heavy (non-hydrogen) atoms. The Labute approximate surface area is 57.2 Å². The molecular formula is C6H8F2N2. The SMILES string of the molecule is NC1=CCC(N)(F)C=C1F. The Hall–Kier alpha value is -0.900. The molecule has 0 aromatic carbocycles. The molecule has 1 aliphatic carbocycles. The first kappa shape index (κ1) is 7.21. The van der Waals surface area contributed by atoms with Gasteiger partial charge in [0.1, 0.15) is 5.83 Å². The van der Waals surface area contributed by atoms with Crippen molar-refractivity contribution >= 4 is 0 Å². The second kappa shape index (κ2) is 2.05. The van der Waals surface area contributed by atoms with Gasteiger partial charge in [0.2, 0.25) is 0 Å². The summed E-state index contributed by atoms with van der Waals surface area (Å²) in [5.41, 5.74) is 10.00. The van der Waals surface area contributed by atoms with E-state index in [2.05, 4.69) is 0 Å². The van der Waals surface area contributed by atoms with E-state index < -0.39 is 11.6 Å². The number of alkyl halides is 1. The fourth-order valence-electron chi connectivity index (χ4n) is 0.717. The van der Waals surface area contributed by atoms with Crippen molar-refractivity contribution < 1.29 is 8.78 Å². The molecule has 0 radical (unpaired) electrons. The van der Waals surface area contributed by atoms with Crippen LogP contribution < -0.4 is 11.5 Å². The normalized spacial score (nSPS) is 33.1. The number of rotatable bonds is 0. The van der Waals surface area contributed by atoms with Gasteiger partial charge >= 0.3 is 0 Å². The van der Waals surface area contributed by atoms with Crippen molar-refractivity contribution in [3.63, 3.8) is 0 Å². The van der Waals surface area contributed by atoms with Gasteiger partial charge in [-0.15, -0.1) is 0 Å². The van der Waals surface area contributed by atoms with E-state index in [1.807, 2.05) is 0 Å². The lowest BCUT2D eigenvalue weighted by Gasteiger charge is -2.17. The molecule has 0 aliphatic heterocycles. The quantitative estimate of drug-likeness (QED) is 0.494. The summed E-state index contributed by atoms with van der Waals surface area (Å²) in [6, 6.07) is 0. The number of hydrogen-bond donors (Lipinski definition) is 2. The minimum atomic E-state index is -2.06. The van der Waals surface area contributed by atoms with Crippen LogP contribution in [-0.4, -0.2) is 5.79 Å². The lowest BCUT2D eigenvalue weighted by molar-refractivity contribution is 0.235. The zero-order valence-electron chi connectivity index (χ0n) is 5.27. The fraction of sp³-hybridized carbons (Fsp3) is 0.333. The summed E-state index contributed by atoms with van der Waals surface area (Å²) >= 11 is 0. The Morgan fingerprint density at radius 2 is 2.20 bits per heavy atom. The van der Waals surface area contributed by atoms with Crippen molar-refractivity contribution in [3.05, 3.63) is 23.7 Å². The van der Waals surface area contributed by atoms with E-state index in [-0.39, 0.29) is 12.1 Å². The molecule has 56 valence electrons. The topological polar surface area (TPSA) is 52.0 Å². The maximum Gasteiger partial charge on any atom is 0.184 e. The number of allylic oxidation sites excluding steroid dienone is 1. The van der Waals surface area contributed by atoms with Crippen LogP contribution in [0.5, 0.6) is 0 Å². The van der Waals surface area contributed by atoms with Gasteiger partial charge in [-0.05, 0) is 0 Å². The molecule has 1 atom stereocenters. The molecule has 2 nitrogen and oxygen atoms in total. The predicted octanol–water partition coefficient (Wildman–Crippen LogP) is 0.711. The highest BCUT2D eigenvalue weighted by Gasteiger charge is 2.25. The van der Waals surface area contributed by atoms with Crippen LogP contribution in [0, 0.1) is 0 Å². The van der Waals surface area contributed by atoms with Crippen LogP contribution in [0.4, 0.5) is 8.78 Å². The van der Waals surface area contributed by atoms with Crippen molar-refractivity contribution in [2.24, 2.45) is 11.5 Å². The van der Waals surface area contributed by atoms with Crippen LogP contribution in [-0.2, 0) is 0 Å². The molecular weight excluding hydrogens is 138 g/mol. The monoisotopic (exact) mass is 146 g/mol. The first-order valence-electron chi connectivity index (χ1n) is 2.83. The van der Waals surface area contributed by atoms with E-state index in [1.54, 1.807) is 0 Å². The summed E-state index contributed by atoms with van der Waals surface area (Å²) in [5.74, 6) is -2.84. The van der Waals surface area contributed by atoms with Crippen LogP contribution in [0.2, 0.25) is 0 Å². The third-order valence-electron chi connectivity index (χ3n) is 1.28. The van der Waals surface area contributed by atoms with Crippen LogP contribution in [0.15, 0.2) is 23.7 Å². The highest BCUT2D eigenvalue weighted by Crippen LogP contribution is 2.23. The van der Waals surface area contributed by atoms with Crippen LogP contribution in [0.1, 0.15) is 6.42 Å². The highest BCUT2D eigenvalue weighted by atomic mass is 19.2. The van der Waals surface area contributed by atoms with Gasteiger partial charge in [-0.2, -0.15) is 0 Å².